The molecule has 0 aliphatic rings. The largest absolute Gasteiger partial charge is 0.380 e. The summed E-state index contributed by atoms with van der Waals surface area (Å²) in [6.07, 6.45) is 0. The average molecular weight is 338 g/mol. The van der Waals surface area contributed by atoms with Gasteiger partial charge < -0.3 is 4.74 Å². The molecule has 0 N–H and O–H groups in total. The summed E-state index contributed by atoms with van der Waals surface area (Å²) in [5.74, 6) is 0. The van der Waals surface area contributed by atoms with E-state index in [1.54, 1.807) is 7.11 Å². The van der Waals surface area contributed by atoms with Crippen LogP contribution in [0.4, 0.5) is 0 Å². The number of hydrogen-bond donors (Lipinski definition) is 0. The van der Waals surface area contributed by atoms with Gasteiger partial charge in [0.25, 0.3) is 5.56 Å². The Morgan fingerprint density at radius 1 is 1.25 bits per heavy atom. The minimum atomic E-state index is -0.185. The average Bonchev–Trinajstić information content (AvgIpc) is 2.95. The van der Waals surface area contributed by atoms with E-state index < -0.39 is 0 Å². The summed E-state index contributed by atoms with van der Waals surface area (Å²) in [6.45, 7) is 2.37. The lowest BCUT2D eigenvalue weighted by Gasteiger charge is -2.04. The number of fused-ring (bicyclic) bond motifs is 3. The monoisotopic (exact) mass is 338 g/mol. The molecule has 0 amide bonds. The molecule has 0 unspecified atom stereocenters. The van der Waals surface area contributed by atoms with Crippen LogP contribution in [-0.2, 0) is 11.3 Å². The SMILES string of the molecule is COCc1cc(C)nc2sc3c(=O)n(-c4ccccc4)nnc3c12. The number of para-hydroxylation sites is 1. The van der Waals surface area contributed by atoms with Crippen molar-refractivity contribution in [3.05, 3.63) is 58.0 Å². The van der Waals surface area contributed by atoms with E-state index in [0.717, 1.165) is 21.5 Å². The Balaban J connectivity index is 2.06. The van der Waals surface area contributed by atoms with E-state index in [9.17, 15) is 4.79 Å². The van der Waals surface area contributed by atoms with Gasteiger partial charge in [-0.3, -0.25) is 4.79 Å². The number of ether oxygens (including phenoxy) is 1. The molecule has 3 heterocycles. The summed E-state index contributed by atoms with van der Waals surface area (Å²) in [5, 5.41) is 9.28. The molecule has 0 spiro atoms. The molecule has 0 radical (unpaired) electrons. The van der Waals surface area contributed by atoms with Crippen molar-refractivity contribution < 1.29 is 4.74 Å². The Bertz CT molecular complexity index is 1100. The van der Waals surface area contributed by atoms with E-state index >= 15 is 0 Å². The normalized spacial score (nSPS) is 11.4. The van der Waals surface area contributed by atoms with Gasteiger partial charge in [-0.05, 0) is 30.7 Å². The summed E-state index contributed by atoms with van der Waals surface area (Å²) in [4.78, 5) is 18.2. The third-order valence-electron chi connectivity index (χ3n) is 3.77. The van der Waals surface area contributed by atoms with Gasteiger partial charge in [-0.1, -0.05) is 23.4 Å². The highest BCUT2D eigenvalue weighted by molar-refractivity contribution is 7.25. The van der Waals surface area contributed by atoms with Crippen LogP contribution in [0.15, 0.2) is 41.2 Å². The highest BCUT2D eigenvalue weighted by Gasteiger charge is 2.17. The second-order valence-corrected chi connectivity index (χ2v) is 6.46. The van der Waals surface area contributed by atoms with Crippen molar-refractivity contribution in [1.82, 2.24) is 20.0 Å². The summed E-state index contributed by atoms with van der Waals surface area (Å²) in [7, 11) is 1.64. The van der Waals surface area contributed by atoms with Crippen LogP contribution in [0.25, 0.3) is 26.1 Å². The minimum Gasteiger partial charge on any atom is -0.380 e. The highest BCUT2D eigenvalue weighted by Crippen LogP contribution is 2.32. The Labute approximate surface area is 141 Å². The number of pyridine rings is 1. The van der Waals surface area contributed by atoms with E-state index in [2.05, 4.69) is 15.3 Å². The summed E-state index contributed by atoms with van der Waals surface area (Å²) < 4.78 is 7.15. The first-order valence-corrected chi connectivity index (χ1v) is 8.24. The first-order valence-electron chi connectivity index (χ1n) is 7.42. The smallest absolute Gasteiger partial charge is 0.292 e. The third-order valence-corrected chi connectivity index (χ3v) is 4.83. The van der Waals surface area contributed by atoms with Crippen LogP contribution < -0.4 is 5.56 Å². The van der Waals surface area contributed by atoms with Gasteiger partial charge in [0.05, 0.1) is 12.3 Å². The van der Waals surface area contributed by atoms with Gasteiger partial charge >= 0.3 is 0 Å². The molecule has 0 atom stereocenters. The molecule has 4 rings (SSSR count). The standard InChI is InChI=1S/C17H14N4O2S/c1-10-8-11(9-23-2)13-14-15(24-16(13)18-10)17(22)21(20-19-14)12-6-4-3-5-7-12/h3-8H,9H2,1-2H3. The van der Waals surface area contributed by atoms with Gasteiger partial charge in [-0.25, -0.2) is 4.98 Å². The molecule has 6 nitrogen and oxygen atoms in total. The van der Waals surface area contributed by atoms with E-state index in [4.69, 9.17) is 4.74 Å². The Hall–Kier alpha value is -2.64. The third kappa shape index (κ3) is 2.29. The van der Waals surface area contributed by atoms with Gasteiger partial charge in [0.1, 0.15) is 15.0 Å². The van der Waals surface area contributed by atoms with Crippen LogP contribution in [0.2, 0.25) is 0 Å². The summed E-state index contributed by atoms with van der Waals surface area (Å²) in [5.41, 5.74) is 2.95. The maximum Gasteiger partial charge on any atom is 0.292 e. The zero-order valence-electron chi connectivity index (χ0n) is 13.2. The molecule has 7 heteroatoms. The molecule has 120 valence electrons. The van der Waals surface area contributed by atoms with Crippen molar-refractivity contribution in [1.29, 1.82) is 0 Å². The number of hydrogen-bond acceptors (Lipinski definition) is 6. The van der Waals surface area contributed by atoms with E-state index in [1.165, 1.54) is 16.0 Å². The van der Waals surface area contributed by atoms with Crippen molar-refractivity contribution in [3.63, 3.8) is 0 Å². The van der Waals surface area contributed by atoms with E-state index in [0.29, 0.717) is 22.5 Å². The lowest BCUT2D eigenvalue weighted by molar-refractivity contribution is 0.186. The molecular formula is C17H14N4O2S. The molecule has 4 aromatic rings. The molecule has 3 aromatic heterocycles. The Kier molecular flexibility index (Phi) is 3.59. The Morgan fingerprint density at radius 3 is 2.79 bits per heavy atom. The van der Waals surface area contributed by atoms with Crippen molar-refractivity contribution in [2.45, 2.75) is 13.5 Å². The lowest BCUT2D eigenvalue weighted by Crippen LogP contribution is -2.21. The van der Waals surface area contributed by atoms with E-state index in [1.807, 2.05) is 43.3 Å². The van der Waals surface area contributed by atoms with Crippen molar-refractivity contribution in [2.24, 2.45) is 0 Å². The number of methoxy groups -OCH3 is 1. The molecular weight excluding hydrogens is 324 g/mol. The van der Waals surface area contributed by atoms with Crippen molar-refractivity contribution >= 4 is 31.8 Å². The predicted molar refractivity (Wildman–Crippen MR) is 93.8 cm³/mol. The van der Waals surface area contributed by atoms with Crippen LogP contribution >= 0.6 is 11.3 Å². The van der Waals surface area contributed by atoms with Gasteiger partial charge in [-0.2, -0.15) is 4.68 Å². The zero-order valence-corrected chi connectivity index (χ0v) is 14.0. The first kappa shape index (κ1) is 14.9. The molecule has 0 saturated carbocycles. The number of aromatic nitrogens is 4. The molecule has 0 aliphatic carbocycles. The lowest BCUT2D eigenvalue weighted by atomic mass is 10.1. The predicted octanol–water partition coefficient (Wildman–Crippen LogP) is 2.85. The number of rotatable bonds is 3. The molecule has 0 bridgehead atoms. The second-order valence-electron chi connectivity index (χ2n) is 5.46. The van der Waals surface area contributed by atoms with Crippen LogP contribution in [0.3, 0.4) is 0 Å². The Morgan fingerprint density at radius 2 is 2.04 bits per heavy atom. The molecule has 0 saturated heterocycles. The fraction of sp³-hybridized carbons (Fsp3) is 0.176. The first-order chi connectivity index (χ1) is 11.7. The summed E-state index contributed by atoms with van der Waals surface area (Å²) >= 11 is 1.35. The summed E-state index contributed by atoms with van der Waals surface area (Å²) in [6, 6.07) is 11.2. The topological polar surface area (TPSA) is 69.9 Å². The quantitative estimate of drug-likeness (QED) is 0.574. The fourth-order valence-corrected chi connectivity index (χ4v) is 3.90. The number of benzene rings is 1. The van der Waals surface area contributed by atoms with Crippen LogP contribution in [0.1, 0.15) is 11.3 Å². The van der Waals surface area contributed by atoms with Crippen LogP contribution in [0.5, 0.6) is 0 Å². The van der Waals surface area contributed by atoms with Gasteiger partial charge in [0, 0.05) is 18.2 Å². The molecule has 0 fully saturated rings. The van der Waals surface area contributed by atoms with Gasteiger partial charge in [0.2, 0.25) is 0 Å². The maximum atomic E-state index is 12.9. The highest BCUT2D eigenvalue weighted by atomic mass is 32.1. The molecule has 0 aliphatic heterocycles. The zero-order chi connectivity index (χ0) is 16.7. The van der Waals surface area contributed by atoms with Crippen LogP contribution in [-0.4, -0.2) is 27.1 Å². The van der Waals surface area contributed by atoms with Gasteiger partial charge in [-0.15, -0.1) is 16.4 Å². The van der Waals surface area contributed by atoms with Crippen LogP contribution in [0, 0.1) is 6.92 Å². The molecule has 1 aromatic carbocycles. The number of thiophene rings is 1. The van der Waals surface area contributed by atoms with Gasteiger partial charge in [0.15, 0.2) is 0 Å². The second kappa shape index (κ2) is 5.77. The maximum absolute atomic E-state index is 12.9. The minimum absolute atomic E-state index is 0.185. The van der Waals surface area contributed by atoms with Crippen molar-refractivity contribution in [2.75, 3.05) is 7.11 Å². The molecule has 24 heavy (non-hydrogen) atoms. The number of nitrogens with zero attached hydrogens (tertiary/aromatic N) is 4. The fourth-order valence-electron chi connectivity index (χ4n) is 2.77. The van der Waals surface area contributed by atoms with Crippen molar-refractivity contribution in [3.8, 4) is 5.69 Å². The number of aryl methyl sites for hydroxylation is 1. The van der Waals surface area contributed by atoms with E-state index in [-0.39, 0.29) is 5.56 Å².